The number of rotatable bonds is 2. The molecule has 1 aromatic heterocycles. The van der Waals surface area contributed by atoms with E-state index in [0.29, 0.717) is 0 Å². The third kappa shape index (κ3) is 1.85. The van der Waals surface area contributed by atoms with Crippen LogP contribution in [0.5, 0.6) is 0 Å². The molecule has 0 bridgehead atoms. The molecular formula is C10H8N4S2. The van der Waals surface area contributed by atoms with Crippen molar-refractivity contribution in [3.63, 3.8) is 0 Å². The van der Waals surface area contributed by atoms with Crippen molar-refractivity contribution in [1.29, 1.82) is 0 Å². The molecule has 0 saturated carbocycles. The van der Waals surface area contributed by atoms with Gasteiger partial charge >= 0.3 is 0 Å². The summed E-state index contributed by atoms with van der Waals surface area (Å²) in [6.07, 6.45) is 3.12. The van der Waals surface area contributed by atoms with Gasteiger partial charge in [0, 0.05) is 10.6 Å². The Morgan fingerprint density at radius 2 is 2.31 bits per heavy atom. The smallest absolute Gasteiger partial charge is 0.163 e. The number of thiophene rings is 1. The molecule has 3 rings (SSSR count). The highest BCUT2D eigenvalue weighted by molar-refractivity contribution is 8.13. The van der Waals surface area contributed by atoms with Crippen molar-refractivity contribution >= 4 is 46.7 Å². The van der Waals surface area contributed by atoms with E-state index in [4.69, 9.17) is 0 Å². The highest BCUT2D eigenvalue weighted by atomic mass is 32.2. The Morgan fingerprint density at radius 3 is 3.19 bits per heavy atom. The van der Waals surface area contributed by atoms with E-state index in [1.165, 1.54) is 4.88 Å². The Labute approximate surface area is 101 Å². The zero-order valence-electron chi connectivity index (χ0n) is 8.28. The van der Waals surface area contributed by atoms with Crippen LogP contribution in [0.1, 0.15) is 4.88 Å². The molecule has 16 heavy (non-hydrogen) atoms. The van der Waals surface area contributed by atoms with Crippen LogP contribution in [-0.4, -0.2) is 29.6 Å². The number of fused-ring (bicyclic) bond motifs is 1. The van der Waals surface area contributed by atoms with Gasteiger partial charge in [0.1, 0.15) is 17.7 Å². The standard InChI is InChI=1S/C10H8N4S2/c1-2-7(15-3-1)4-16-10-8-9(12-5-11-8)13-6-14-10/h1-3,5-6,8H,4H2. The van der Waals surface area contributed by atoms with Gasteiger partial charge in [0.05, 0.1) is 0 Å². The van der Waals surface area contributed by atoms with E-state index in [1.807, 2.05) is 0 Å². The topological polar surface area (TPSA) is 49.4 Å². The first-order valence-electron chi connectivity index (χ1n) is 4.78. The van der Waals surface area contributed by atoms with E-state index in [-0.39, 0.29) is 6.04 Å². The number of aliphatic imine (C=N–C) groups is 4. The zero-order valence-corrected chi connectivity index (χ0v) is 9.91. The van der Waals surface area contributed by atoms with Crippen LogP contribution < -0.4 is 0 Å². The summed E-state index contributed by atoms with van der Waals surface area (Å²) in [6.45, 7) is 0. The lowest BCUT2D eigenvalue weighted by molar-refractivity contribution is 1.16. The summed E-state index contributed by atoms with van der Waals surface area (Å²) in [5, 5.41) is 3.07. The molecule has 0 saturated heterocycles. The highest BCUT2D eigenvalue weighted by Gasteiger charge is 2.26. The molecule has 1 unspecified atom stereocenters. The van der Waals surface area contributed by atoms with Crippen LogP contribution in [0.25, 0.3) is 0 Å². The molecule has 0 spiro atoms. The second-order valence-electron chi connectivity index (χ2n) is 3.23. The molecule has 0 aliphatic carbocycles. The number of hydrogen-bond donors (Lipinski definition) is 0. The highest BCUT2D eigenvalue weighted by Crippen LogP contribution is 2.23. The largest absolute Gasteiger partial charge is 0.255 e. The van der Waals surface area contributed by atoms with Crippen molar-refractivity contribution in [3.05, 3.63) is 22.4 Å². The second-order valence-corrected chi connectivity index (χ2v) is 5.26. The van der Waals surface area contributed by atoms with Crippen molar-refractivity contribution in [2.45, 2.75) is 11.8 Å². The molecule has 2 aliphatic heterocycles. The summed E-state index contributed by atoms with van der Waals surface area (Å²) in [6, 6.07) is 4.13. The lowest BCUT2D eigenvalue weighted by atomic mass is 10.3. The summed E-state index contributed by atoms with van der Waals surface area (Å²) in [4.78, 5) is 18.0. The predicted molar refractivity (Wildman–Crippen MR) is 71.3 cm³/mol. The second kappa shape index (κ2) is 4.31. The Bertz CT molecular complexity index is 499. The predicted octanol–water partition coefficient (Wildman–Crippen LogP) is 2.23. The van der Waals surface area contributed by atoms with Gasteiger partial charge in [0.15, 0.2) is 11.9 Å². The normalized spacial score (nSPS) is 21.9. The number of thioether (sulfide) groups is 1. The molecule has 2 aliphatic rings. The fourth-order valence-corrected chi connectivity index (χ4v) is 3.22. The van der Waals surface area contributed by atoms with Crippen LogP contribution in [-0.2, 0) is 5.75 Å². The van der Waals surface area contributed by atoms with Gasteiger partial charge in [-0.3, -0.25) is 4.99 Å². The summed E-state index contributed by atoms with van der Waals surface area (Å²) in [7, 11) is 0. The molecule has 4 nitrogen and oxygen atoms in total. The Morgan fingerprint density at radius 1 is 1.31 bits per heavy atom. The first-order valence-corrected chi connectivity index (χ1v) is 6.65. The van der Waals surface area contributed by atoms with Crippen molar-refractivity contribution in [1.82, 2.24) is 0 Å². The van der Waals surface area contributed by atoms with Crippen LogP contribution >= 0.6 is 23.1 Å². The maximum Gasteiger partial charge on any atom is 0.163 e. The average Bonchev–Trinajstić information content (AvgIpc) is 2.97. The van der Waals surface area contributed by atoms with Crippen LogP contribution in [0, 0.1) is 0 Å². The van der Waals surface area contributed by atoms with E-state index in [2.05, 4.69) is 37.5 Å². The molecule has 0 radical (unpaired) electrons. The van der Waals surface area contributed by atoms with Crippen LogP contribution in [0.4, 0.5) is 0 Å². The van der Waals surface area contributed by atoms with Crippen molar-refractivity contribution in [3.8, 4) is 0 Å². The zero-order chi connectivity index (χ0) is 10.8. The van der Waals surface area contributed by atoms with Crippen molar-refractivity contribution in [2.24, 2.45) is 20.0 Å². The Kier molecular flexibility index (Phi) is 2.67. The van der Waals surface area contributed by atoms with Gasteiger partial charge in [-0.05, 0) is 11.4 Å². The Balaban J connectivity index is 1.71. The average molecular weight is 248 g/mol. The summed E-state index contributed by atoms with van der Waals surface area (Å²) in [5.74, 6) is 1.69. The Hall–Kier alpha value is -1.27. The van der Waals surface area contributed by atoms with Crippen LogP contribution in [0.15, 0.2) is 37.5 Å². The van der Waals surface area contributed by atoms with Crippen LogP contribution in [0.3, 0.4) is 0 Å². The molecule has 1 aromatic rings. The van der Waals surface area contributed by atoms with Gasteiger partial charge in [0.25, 0.3) is 0 Å². The minimum Gasteiger partial charge on any atom is -0.255 e. The van der Waals surface area contributed by atoms with E-state index < -0.39 is 0 Å². The summed E-state index contributed by atoms with van der Waals surface area (Å²) >= 11 is 3.46. The number of hydrogen-bond acceptors (Lipinski definition) is 6. The molecule has 80 valence electrons. The molecule has 3 heterocycles. The molecule has 6 heteroatoms. The quantitative estimate of drug-likeness (QED) is 0.791. The molecule has 1 atom stereocenters. The fraction of sp³-hybridized carbons (Fsp3) is 0.200. The maximum absolute atomic E-state index is 4.27. The number of amidine groups is 1. The lowest BCUT2D eigenvalue weighted by Crippen LogP contribution is -2.25. The van der Waals surface area contributed by atoms with Gasteiger partial charge < -0.3 is 0 Å². The molecule has 0 fully saturated rings. The van der Waals surface area contributed by atoms with Crippen molar-refractivity contribution < 1.29 is 0 Å². The third-order valence-electron chi connectivity index (χ3n) is 2.20. The molecule has 0 N–H and O–H groups in total. The third-order valence-corrected chi connectivity index (χ3v) is 4.34. The monoisotopic (exact) mass is 248 g/mol. The summed E-state index contributed by atoms with van der Waals surface area (Å²) < 4.78 is 0. The molecular weight excluding hydrogens is 240 g/mol. The minimum absolute atomic E-state index is 0.0602. The molecule has 0 aromatic carbocycles. The first-order chi connectivity index (χ1) is 7.93. The van der Waals surface area contributed by atoms with Gasteiger partial charge in [-0.15, -0.1) is 23.1 Å². The SMILES string of the molecule is C1=NC2=NC=NC2C(SCc2cccs2)=N1. The van der Waals surface area contributed by atoms with E-state index in [9.17, 15) is 0 Å². The minimum atomic E-state index is -0.0602. The van der Waals surface area contributed by atoms with E-state index in [0.717, 1.165) is 16.6 Å². The van der Waals surface area contributed by atoms with Crippen LogP contribution in [0.2, 0.25) is 0 Å². The summed E-state index contributed by atoms with van der Waals surface area (Å²) in [5.41, 5.74) is 0. The lowest BCUT2D eigenvalue weighted by Gasteiger charge is -2.12. The van der Waals surface area contributed by atoms with E-state index >= 15 is 0 Å². The molecule has 0 amide bonds. The van der Waals surface area contributed by atoms with E-state index in [1.54, 1.807) is 35.8 Å². The number of nitrogens with zero attached hydrogens (tertiary/aromatic N) is 4. The van der Waals surface area contributed by atoms with Crippen molar-refractivity contribution in [2.75, 3.05) is 0 Å². The van der Waals surface area contributed by atoms with Gasteiger partial charge in [0.2, 0.25) is 0 Å². The fourth-order valence-electron chi connectivity index (χ4n) is 1.45. The first kappa shape index (κ1) is 9.92. The van der Waals surface area contributed by atoms with Gasteiger partial charge in [-0.1, -0.05) is 6.07 Å². The maximum atomic E-state index is 4.27. The van der Waals surface area contributed by atoms with Gasteiger partial charge in [-0.2, -0.15) is 0 Å². The van der Waals surface area contributed by atoms with Gasteiger partial charge in [-0.25, -0.2) is 15.0 Å².